The summed E-state index contributed by atoms with van der Waals surface area (Å²) in [4.78, 5) is 37.4. The van der Waals surface area contributed by atoms with E-state index in [1.54, 1.807) is 42.6 Å². The SMILES string of the molecule is CCOC(=O)c1c(-c2ccc(Cl)cc2)csc1NC(=O)COC(=O)/C=C/c1cccc2ccccc12. The van der Waals surface area contributed by atoms with Gasteiger partial charge in [-0.3, -0.25) is 4.79 Å². The molecule has 182 valence electrons. The minimum Gasteiger partial charge on any atom is -0.462 e. The maximum Gasteiger partial charge on any atom is 0.341 e. The Morgan fingerprint density at radius 3 is 2.50 bits per heavy atom. The van der Waals surface area contributed by atoms with E-state index < -0.39 is 24.5 Å². The van der Waals surface area contributed by atoms with Crippen molar-refractivity contribution in [2.75, 3.05) is 18.5 Å². The monoisotopic (exact) mass is 519 g/mol. The molecule has 4 rings (SSSR count). The van der Waals surface area contributed by atoms with Crippen LogP contribution in [0.3, 0.4) is 0 Å². The van der Waals surface area contributed by atoms with E-state index >= 15 is 0 Å². The molecule has 0 bridgehead atoms. The van der Waals surface area contributed by atoms with Gasteiger partial charge in [0.25, 0.3) is 5.91 Å². The number of fused-ring (bicyclic) bond motifs is 1. The molecule has 6 nitrogen and oxygen atoms in total. The Morgan fingerprint density at radius 1 is 0.972 bits per heavy atom. The normalized spacial score (nSPS) is 10.9. The highest BCUT2D eigenvalue weighted by atomic mass is 35.5. The molecule has 8 heteroatoms. The van der Waals surface area contributed by atoms with Crippen molar-refractivity contribution in [2.24, 2.45) is 0 Å². The second-order valence-corrected chi connectivity index (χ2v) is 8.95. The number of nitrogens with one attached hydrogen (secondary N) is 1. The van der Waals surface area contributed by atoms with Crippen molar-refractivity contribution in [3.63, 3.8) is 0 Å². The Bertz CT molecular complexity index is 1440. The molecule has 0 atom stereocenters. The maximum atomic E-state index is 12.7. The lowest BCUT2D eigenvalue weighted by Crippen LogP contribution is -2.21. The number of carbonyl (C=O) groups excluding carboxylic acids is 3. The second-order valence-electron chi connectivity index (χ2n) is 7.64. The molecule has 0 fully saturated rings. The maximum absolute atomic E-state index is 12.7. The van der Waals surface area contributed by atoms with Gasteiger partial charge in [0.2, 0.25) is 0 Å². The van der Waals surface area contributed by atoms with E-state index in [1.165, 1.54) is 17.4 Å². The van der Waals surface area contributed by atoms with Crippen LogP contribution in [-0.4, -0.2) is 31.1 Å². The summed E-state index contributed by atoms with van der Waals surface area (Å²) in [6.45, 7) is 1.38. The molecule has 1 heterocycles. The Labute approximate surface area is 217 Å². The number of anilines is 1. The number of rotatable bonds is 8. The quantitative estimate of drug-likeness (QED) is 0.210. The van der Waals surface area contributed by atoms with Crippen molar-refractivity contribution >= 4 is 62.6 Å². The van der Waals surface area contributed by atoms with Crippen molar-refractivity contribution in [2.45, 2.75) is 6.92 Å². The molecule has 0 saturated carbocycles. The molecule has 0 radical (unpaired) electrons. The zero-order chi connectivity index (χ0) is 25.5. The first-order valence-corrected chi connectivity index (χ1v) is 12.4. The van der Waals surface area contributed by atoms with Crippen molar-refractivity contribution in [1.82, 2.24) is 0 Å². The average molecular weight is 520 g/mol. The van der Waals surface area contributed by atoms with E-state index in [4.69, 9.17) is 21.1 Å². The van der Waals surface area contributed by atoms with Gasteiger partial charge >= 0.3 is 11.9 Å². The molecule has 0 aliphatic heterocycles. The summed E-state index contributed by atoms with van der Waals surface area (Å²) in [6, 6.07) is 20.6. The molecule has 4 aromatic rings. The summed E-state index contributed by atoms with van der Waals surface area (Å²) in [5, 5.41) is 7.34. The number of benzene rings is 3. The van der Waals surface area contributed by atoms with Gasteiger partial charge in [-0.2, -0.15) is 0 Å². The molecule has 0 aliphatic carbocycles. The number of amides is 1. The number of ether oxygens (including phenoxy) is 2. The van der Waals surface area contributed by atoms with Gasteiger partial charge in [0.1, 0.15) is 10.6 Å². The third kappa shape index (κ3) is 6.00. The van der Waals surface area contributed by atoms with Crippen LogP contribution in [0.25, 0.3) is 28.0 Å². The van der Waals surface area contributed by atoms with Crippen molar-refractivity contribution < 1.29 is 23.9 Å². The minimum absolute atomic E-state index is 0.183. The molecule has 0 unspecified atom stereocenters. The molecule has 1 aromatic heterocycles. The number of thiophene rings is 1. The molecule has 0 aliphatic rings. The predicted octanol–water partition coefficient (Wildman–Crippen LogP) is 6.59. The lowest BCUT2D eigenvalue weighted by Gasteiger charge is -2.09. The first kappa shape index (κ1) is 25.2. The standard InChI is InChI=1S/C28H22ClNO5S/c1-2-34-28(33)26-23(20-10-13-21(29)14-11-20)17-36-27(26)30-24(31)16-35-25(32)15-12-19-8-5-7-18-6-3-4-9-22(18)19/h3-15,17H,2,16H2,1H3,(H,30,31)/b15-12+. The van der Waals surface area contributed by atoms with Crippen molar-refractivity contribution in [3.05, 3.63) is 94.3 Å². The van der Waals surface area contributed by atoms with Gasteiger partial charge in [0.05, 0.1) is 6.61 Å². The first-order valence-electron chi connectivity index (χ1n) is 11.1. The lowest BCUT2D eigenvalue weighted by atomic mass is 10.0. The van der Waals surface area contributed by atoms with E-state index in [9.17, 15) is 14.4 Å². The number of hydrogen-bond acceptors (Lipinski definition) is 6. The highest BCUT2D eigenvalue weighted by Gasteiger charge is 2.23. The van der Waals surface area contributed by atoms with Crippen molar-refractivity contribution in [3.8, 4) is 11.1 Å². The Morgan fingerprint density at radius 2 is 1.72 bits per heavy atom. The first-order chi connectivity index (χ1) is 17.5. The van der Waals surface area contributed by atoms with Gasteiger partial charge in [0.15, 0.2) is 6.61 Å². The smallest absolute Gasteiger partial charge is 0.341 e. The Balaban J connectivity index is 1.43. The summed E-state index contributed by atoms with van der Waals surface area (Å²) in [5.41, 5.74) is 2.46. The fourth-order valence-electron chi connectivity index (χ4n) is 3.60. The Kier molecular flexibility index (Phi) is 8.15. The topological polar surface area (TPSA) is 81.7 Å². The van der Waals surface area contributed by atoms with E-state index in [0.29, 0.717) is 15.6 Å². The van der Waals surface area contributed by atoms with Crippen LogP contribution in [0.5, 0.6) is 0 Å². The largest absolute Gasteiger partial charge is 0.462 e. The van der Waals surface area contributed by atoms with Crippen LogP contribution in [0, 0.1) is 0 Å². The highest BCUT2D eigenvalue weighted by molar-refractivity contribution is 7.15. The second kappa shape index (κ2) is 11.7. The zero-order valence-electron chi connectivity index (χ0n) is 19.3. The summed E-state index contributed by atoms with van der Waals surface area (Å²) in [5.74, 6) is -1.79. The molecular formula is C28H22ClNO5S. The molecule has 3 aromatic carbocycles. The van der Waals surface area contributed by atoms with E-state index in [2.05, 4.69) is 5.32 Å². The Hall–Kier alpha value is -3.94. The van der Waals surface area contributed by atoms with E-state index in [1.807, 2.05) is 42.5 Å². The lowest BCUT2D eigenvalue weighted by molar-refractivity contribution is -0.142. The summed E-state index contributed by atoms with van der Waals surface area (Å²) in [6.07, 6.45) is 2.93. The predicted molar refractivity (Wildman–Crippen MR) is 143 cm³/mol. The number of carbonyl (C=O) groups is 3. The molecule has 1 N–H and O–H groups in total. The van der Waals surface area contributed by atoms with Crippen LogP contribution >= 0.6 is 22.9 Å². The minimum atomic E-state index is -0.656. The van der Waals surface area contributed by atoms with Crippen LogP contribution in [0.2, 0.25) is 5.02 Å². The van der Waals surface area contributed by atoms with Gasteiger partial charge in [-0.15, -0.1) is 11.3 Å². The zero-order valence-corrected chi connectivity index (χ0v) is 20.9. The third-order valence-corrected chi connectivity index (χ3v) is 6.39. The molecule has 1 amide bonds. The molecule has 36 heavy (non-hydrogen) atoms. The van der Waals surface area contributed by atoms with Gasteiger partial charge < -0.3 is 14.8 Å². The van der Waals surface area contributed by atoms with Crippen LogP contribution in [-0.2, 0) is 19.1 Å². The van der Waals surface area contributed by atoms with Gasteiger partial charge in [-0.1, -0.05) is 66.2 Å². The van der Waals surface area contributed by atoms with Crippen LogP contribution < -0.4 is 5.32 Å². The van der Waals surface area contributed by atoms with Gasteiger partial charge in [-0.25, -0.2) is 9.59 Å². The number of halogens is 1. The average Bonchev–Trinajstić information content (AvgIpc) is 3.30. The molecule has 0 spiro atoms. The van der Waals surface area contributed by atoms with E-state index in [0.717, 1.165) is 21.9 Å². The van der Waals surface area contributed by atoms with E-state index in [-0.39, 0.29) is 12.2 Å². The fourth-order valence-corrected chi connectivity index (χ4v) is 4.70. The third-order valence-electron chi connectivity index (χ3n) is 5.25. The summed E-state index contributed by atoms with van der Waals surface area (Å²) in [7, 11) is 0. The van der Waals surface area contributed by atoms with Gasteiger partial charge in [0, 0.05) is 22.0 Å². The van der Waals surface area contributed by atoms with Gasteiger partial charge in [-0.05, 0) is 47.0 Å². The van der Waals surface area contributed by atoms with Crippen LogP contribution in [0.1, 0.15) is 22.8 Å². The number of hydrogen-bond donors (Lipinski definition) is 1. The summed E-state index contributed by atoms with van der Waals surface area (Å²) < 4.78 is 10.3. The highest BCUT2D eigenvalue weighted by Crippen LogP contribution is 2.36. The molecule has 0 saturated heterocycles. The molecular weight excluding hydrogens is 498 g/mol. The number of esters is 2. The van der Waals surface area contributed by atoms with Crippen LogP contribution in [0.15, 0.2) is 78.2 Å². The van der Waals surface area contributed by atoms with Crippen LogP contribution in [0.4, 0.5) is 5.00 Å². The van der Waals surface area contributed by atoms with Crippen molar-refractivity contribution in [1.29, 1.82) is 0 Å². The summed E-state index contributed by atoms with van der Waals surface area (Å²) >= 11 is 7.16. The fraction of sp³-hybridized carbons (Fsp3) is 0.107.